The maximum atomic E-state index is 13.5. The molecule has 0 bridgehead atoms. The Morgan fingerprint density at radius 1 is 1.21 bits per heavy atom. The van der Waals surface area contributed by atoms with Crippen molar-refractivity contribution < 1.29 is 9.53 Å². The lowest BCUT2D eigenvalue weighted by Gasteiger charge is -2.35. The molecule has 1 aliphatic carbocycles. The van der Waals surface area contributed by atoms with Gasteiger partial charge in [0.05, 0.1) is 12.0 Å². The number of hydrogen-bond acceptors (Lipinski definition) is 3. The zero-order valence-corrected chi connectivity index (χ0v) is 18.7. The van der Waals surface area contributed by atoms with Crippen molar-refractivity contribution in [3.63, 3.8) is 0 Å². The summed E-state index contributed by atoms with van der Waals surface area (Å²) >= 11 is 0. The second kappa shape index (κ2) is 11.5. The van der Waals surface area contributed by atoms with E-state index in [1.165, 1.54) is 11.1 Å². The number of ether oxygens (including phenoxy) is 1. The summed E-state index contributed by atoms with van der Waals surface area (Å²) in [6.07, 6.45) is 8.65. The Morgan fingerprint density at radius 2 is 1.83 bits per heavy atom. The summed E-state index contributed by atoms with van der Waals surface area (Å²) in [5.74, 6) is 0.494. The van der Waals surface area contributed by atoms with Crippen molar-refractivity contribution in [1.29, 1.82) is 0 Å². The van der Waals surface area contributed by atoms with E-state index in [-0.39, 0.29) is 11.9 Å². The van der Waals surface area contributed by atoms with Crippen molar-refractivity contribution in [2.24, 2.45) is 17.1 Å². The zero-order valence-electron chi connectivity index (χ0n) is 18.7. The third kappa shape index (κ3) is 6.68. The van der Waals surface area contributed by atoms with Gasteiger partial charge in [-0.15, -0.1) is 0 Å². The van der Waals surface area contributed by atoms with Gasteiger partial charge in [-0.05, 0) is 62.0 Å². The van der Waals surface area contributed by atoms with Crippen LogP contribution in [0, 0.1) is 11.3 Å². The van der Waals surface area contributed by atoms with E-state index >= 15 is 0 Å². The molecule has 0 aromatic heterocycles. The first kappa shape index (κ1) is 23.6. The second-order valence-electron chi connectivity index (χ2n) is 8.74. The van der Waals surface area contributed by atoms with Gasteiger partial charge >= 0.3 is 0 Å². The summed E-state index contributed by atoms with van der Waals surface area (Å²) in [7, 11) is 1.73. The average molecular weight is 401 g/mol. The predicted molar refractivity (Wildman–Crippen MR) is 121 cm³/mol. The number of carbonyl (C=O) groups is 1. The van der Waals surface area contributed by atoms with Crippen LogP contribution in [0.2, 0.25) is 0 Å². The summed E-state index contributed by atoms with van der Waals surface area (Å²) in [4.78, 5) is 13.5. The fourth-order valence-corrected chi connectivity index (χ4v) is 4.43. The molecule has 162 valence electrons. The Kier molecular flexibility index (Phi) is 9.38. The second-order valence-corrected chi connectivity index (χ2v) is 8.74. The molecule has 1 unspecified atom stereocenters. The molecule has 0 heterocycles. The first-order chi connectivity index (χ1) is 13.9. The summed E-state index contributed by atoms with van der Waals surface area (Å²) in [5.41, 5.74) is 8.07. The van der Waals surface area contributed by atoms with Crippen LogP contribution in [0.3, 0.4) is 0 Å². The van der Waals surface area contributed by atoms with Gasteiger partial charge in [0.15, 0.2) is 0 Å². The van der Waals surface area contributed by atoms with Gasteiger partial charge in [0.2, 0.25) is 5.91 Å². The zero-order chi connectivity index (χ0) is 21.3. The molecule has 0 saturated heterocycles. The summed E-state index contributed by atoms with van der Waals surface area (Å²) < 4.78 is 5.35. The monoisotopic (exact) mass is 400 g/mol. The topological polar surface area (TPSA) is 64.3 Å². The van der Waals surface area contributed by atoms with Gasteiger partial charge in [0.1, 0.15) is 0 Å². The van der Waals surface area contributed by atoms with E-state index in [1.54, 1.807) is 7.11 Å². The van der Waals surface area contributed by atoms with Crippen molar-refractivity contribution in [1.82, 2.24) is 5.32 Å². The first-order valence-corrected chi connectivity index (χ1v) is 11.3. The molecule has 1 saturated carbocycles. The molecule has 1 aromatic rings. The van der Waals surface area contributed by atoms with E-state index in [9.17, 15) is 4.79 Å². The number of hydrogen-bond donors (Lipinski definition) is 2. The standard InChI is InChI=1S/C25H40N2O2/c1-5-25(6-2,24(28)27-23-14-12-22(26)13-15-23)17-21(16-19(3)18-29-4)20-10-8-7-9-11-20/h7-11,16,19,22-23H,5-6,12-15,17-18,26H2,1-4H3,(H,27,28)/b21-16-/t19?,22-,23-. The van der Waals surface area contributed by atoms with Crippen LogP contribution in [0.25, 0.3) is 5.57 Å². The van der Waals surface area contributed by atoms with E-state index in [1.807, 2.05) is 6.07 Å². The number of nitrogens with two attached hydrogens (primary N) is 1. The number of allylic oxidation sites excluding steroid dienone is 1. The molecule has 1 fully saturated rings. The number of amides is 1. The molecular formula is C25H40N2O2. The smallest absolute Gasteiger partial charge is 0.226 e. The van der Waals surface area contributed by atoms with Gasteiger partial charge in [-0.2, -0.15) is 0 Å². The Hall–Kier alpha value is -1.65. The minimum atomic E-state index is -0.395. The van der Waals surface area contributed by atoms with Gasteiger partial charge in [0, 0.05) is 19.2 Å². The van der Waals surface area contributed by atoms with Crippen molar-refractivity contribution in [2.75, 3.05) is 13.7 Å². The number of benzene rings is 1. The van der Waals surface area contributed by atoms with E-state index < -0.39 is 5.41 Å². The number of nitrogens with one attached hydrogen (secondary N) is 1. The molecule has 1 amide bonds. The fourth-order valence-electron chi connectivity index (χ4n) is 4.43. The van der Waals surface area contributed by atoms with Crippen molar-refractivity contribution in [3.8, 4) is 0 Å². The minimum Gasteiger partial charge on any atom is -0.384 e. The normalized spacial score (nSPS) is 21.6. The van der Waals surface area contributed by atoms with Crippen LogP contribution in [-0.2, 0) is 9.53 Å². The third-order valence-electron chi connectivity index (χ3n) is 6.53. The molecule has 0 aliphatic heterocycles. The van der Waals surface area contributed by atoms with Crippen LogP contribution in [-0.4, -0.2) is 31.7 Å². The van der Waals surface area contributed by atoms with Crippen LogP contribution in [0.5, 0.6) is 0 Å². The molecule has 4 heteroatoms. The van der Waals surface area contributed by atoms with Crippen LogP contribution < -0.4 is 11.1 Å². The predicted octanol–water partition coefficient (Wildman–Crippen LogP) is 4.94. The quantitative estimate of drug-likeness (QED) is 0.585. The summed E-state index contributed by atoms with van der Waals surface area (Å²) in [5, 5.41) is 3.37. The lowest BCUT2D eigenvalue weighted by atomic mass is 9.74. The molecule has 1 aliphatic rings. The molecule has 29 heavy (non-hydrogen) atoms. The lowest BCUT2D eigenvalue weighted by Crippen LogP contribution is -2.47. The highest BCUT2D eigenvalue weighted by Gasteiger charge is 2.37. The van der Waals surface area contributed by atoms with Crippen molar-refractivity contribution >= 4 is 11.5 Å². The lowest BCUT2D eigenvalue weighted by molar-refractivity contribution is -0.132. The van der Waals surface area contributed by atoms with Gasteiger partial charge in [0.25, 0.3) is 0 Å². The largest absolute Gasteiger partial charge is 0.384 e. The van der Waals surface area contributed by atoms with Crippen LogP contribution >= 0.6 is 0 Å². The third-order valence-corrected chi connectivity index (χ3v) is 6.53. The van der Waals surface area contributed by atoms with Crippen LogP contribution in [0.15, 0.2) is 36.4 Å². The van der Waals surface area contributed by atoms with Gasteiger partial charge in [-0.3, -0.25) is 4.79 Å². The Labute approximate surface area is 177 Å². The molecule has 2 rings (SSSR count). The number of carbonyl (C=O) groups excluding carboxylic acids is 1. The van der Waals surface area contributed by atoms with E-state index in [0.717, 1.165) is 44.9 Å². The SMILES string of the molecule is CCC(CC)(C/C(=C/C(C)COC)c1ccccc1)C(=O)N[C@H]1CC[C@H](N)CC1. The Morgan fingerprint density at radius 3 is 2.38 bits per heavy atom. The summed E-state index contributed by atoms with van der Waals surface area (Å²) in [6, 6.07) is 11.0. The van der Waals surface area contributed by atoms with Crippen LogP contribution in [0.4, 0.5) is 0 Å². The fraction of sp³-hybridized carbons (Fsp3) is 0.640. The highest BCUT2D eigenvalue weighted by atomic mass is 16.5. The molecule has 0 spiro atoms. The molecule has 4 nitrogen and oxygen atoms in total. The minimum absolute atomic E-state index is 0.198. The Balaban J connectivity index is 2.24. The molecule has 3 N–H and O–H groups in total. The van der Waals surface area contributed by atoms with Gasteiger partial charge in [-0.25, -0.2) is 0 Å². The van der Waals surface area contributed by atoms with Crippen molar-refractivity contribution in [3.05, 3.63) is 42.0 Å². The van der Waals surface area contributed by atoms with Gasteiger partial charge < -0.3 is 15.8 Å². The summed E-state index contributed by atoms with van der Waals surface area (Å²) in [6.45, 7) is 7.12. The molecular weight excluding hydrogens is 360 g/mol. The number of rotatable bonds is 10. The number of methoxy groups -OCH3 is 1. The van der Waals surface area contributed by atoms with E-state index in [0.29, 0.717) is 18.6 Å². The maximum Gasteiger partial charge on any atom is 0.226 e. The average Bonchev–Trinajstić information content (AvgIpc) is 2.73. The van der Waals surface area contributed by atoms with E-state index in [4.69, 9.17) is 10.5 Å². The van der Waals surface area contributed by atoms with Crippen LogP contribution in [0.1, 0.15) is 71.3 Å². The highest BCUT2D eigenvalue weighted by Crippen LogP contribution is 2.39. The first-order valence-electron chi connectivity index (χ1n) is 11.3. The highest BCUT2D eigenvalue weighted by molar-refractivity contribution is 5.85. The van der Waals surface area contributed by atoms with Crippen molar-refractivity contribution in [2.45, 2.75) is 77.8 Å². The Bertz CT molecular complexity index is 644. The van der Waals surface area contributed by atoms with E-state index in [2.05, 4.69) is 56.4 Å². The molecule has 0 radical (unpaired) electrons. The van der Waals surface area contributed by atoms with Gasteiger partial charge in [-0.1, -0.05) is 57.2 Å². The maximum absolute atomic E-state index is 13.5. The molecule has 1 atom stereocenters. The molecule has 1 aromatic carbocycles.